The maximum Gasteiger partial charge on any atom is 0.267 e. The van der Waals surface area contributed by atoms with E-state index in [0.29, 0.717) is 17.9 Å². The number of hydrogen-bond acceptors (Lipinski definition) is 3. The predicted molar refractivity (Wildman–Crippen MR) is 59.8 cm³/mol. The normalized spacial score (nSPS) is 19.9. The summed E-state index contributed by atoms with van der Waals surface area (Å²) < 4.78 is 30.6. The molecule has 3 nitrogen and oxygen atoms in total. The molecule has 0 spiro atoms. The molecule has 1 unspecified atom stereocenters. The van der Waals surface area contributed by atoms with Gasteiger partial charge in [0.2, 0.25) is 0 Å². The first-order valence-corrected chi connectivity index (χ1v) is 5.53. The zero-order valence-electron chi connectivity index (χ0n) is 9.54. The van der Waals surface area contributed by atoms with Gasteiger partial charge in [-0.3, -0.25) is 0 Å². The van der Waals surface area contributed by atoms with Crippen LogP contribution in [0.1, 0.15) is 29.9 Å². The summed E-state index contributed by atoms with van der Waals surface area (Å²) in [5, 5.41) is 13.0. The second-order valence-electron chi connectivity index (χ2n) is 4.14. The van der Waals surface area contributed by atoms with Crippen LogP contribution in [-0.4, -0.2) is 25.3 Å². The zero-order valence-corrected chi connectivity index (χ0v) is 9.54. The lowest BCUT2D eigenvalue weighted by atomic mass is 9.95. The van der Waals surface area contributed by atoms with E-state index in [4.69, 9.17) is 4.74 Å². The van der Waals surface area contributed by atoms with Crippen LogP contribution in [0.15, 0.2) is 12.1 Å². The first-order valence-electron chi connectivity index (χ1n) is 5.53. The number of nitrogens with one attached hydrogen (secondary N) is 1. The number of benzene rings is 1. The minimum atomic E-state index is -2.70. The summed E-state index contributed by atoms with van der Waals surface area (Å²) in [7, 11) is 1.43. The van der Waals surface area contributed by atoms with E-state index in [2.05, 4.69) is 5.32 Å². The van der Waals surface area contributed by atoms with Crippen molar-refractivity contribution in [3.8, 4) is 11.5 Å². The van der Waals surface area contributed by atoms with Gasteiger partial charge in [-0.05, 0) is 25.1 Å². The van der Waals surface area contributed by atoms with Crippen LogP contribution < -0.4 is 10.1 Å². The van der Waals surface area contributed by atoms with Gasteiger partial charge in [0.15, 0.2) is 0 Å². The maximum atomic E-state index is 12.8. The highest BCUT2D eigenvalue weighted by molar-refractivity contribution is 5.49. The van der Waals surface area contributed by atoms with Crippen LogP contribution in [-0.2, 0) is 0 Å². The van der Waals surface area contributed by atoms with Gasteiger partial charge in [-0.2, -0.15) is 0 Å². The zero-order chi connectivity index (χ0) is 12.4. The average Bonchev–Trinajstić information content (AvgIpc) is 2.82. The molecule has 2 rings (SSSR count). The van der Waals surface area contributed by atoms with Crippen LogP contribution in [0.5, 0.6) is 11.5 Å². The first-order chi connectivity index (χ1) is 8.13. The molecule has 17 heavy (non-hydrogen) atoms. The Hall–Kier alpha value is -1.36. The van der Waals surface area contributed by atoms with Gasteiger partial charge >= 0.3 is 0 Å². The van der Waals surface area contributed by atoms with Gasteiger partial charge in [0, 0.05) is 18.0 Å². The molecule has 0 saturated carbocycles. The van der Waals surface area contributed by atoms with Crippen molar-refractivity contribution in [1.82, 2.24) is 5.32 Å². The molecule has 1 aliphatic rings. The van der Waals surface area contributed by atoms with Crippen LogP contribution in [0.2, 0.25) is 0 Å². The fraction of sp³-hybridized carbons (Fsp3) is 0.500. The monoisotopic (exact) mass is 243 g/mol. The predicted octanol–water partition coefficient (Wildman–Crippen LogP) is 2.42. The number of phenols is 1. The summed E-state index contributed by atoms with van der Waals surface area (Å²) >= 11 is 0. The van der Waals surface area contributed by atoms with Crippen molar-refractivity contribution >= 4 is 0 Å². The quantitative estimate of drug-likeness (QED) is 0.856. The van der Waals surface area contributed by atoms with Crippen molar-refractivity contribution in [1.29, 1.82) is 0 Å². The molecule has 0 bridgehead atoms. The van der Waals surface area contributed by atoms with E-state index < -0.39 is 6.43 Å². The van der Waals surface area contributed by atoms with E-state index in [0.717, 1.165) is 13.0 Å². The Morgan fingerprint density at radius 1 is 1.47 bits per heavy atom. The molecule has 1 aromatic rings. The Morgan fingerprint density at radius 2 is 2.24 bits per heavy atom. The third-order valence-corrected chi connectivity index (χ3v) is 3.11. The molecule has 1 aliphatic heterocycles. The summed E-state index contributed by atoms with van der Waals surface area (Å²) in [4.78, 5) is 0. The SMILES string of the molecule is COc1cc(C(F)F)c(O)c(C2CCNC2)c1. The Kier molecular flexibility index (Phi) is 3.47. The molecule has 1 atom stereocenters. The Labute approximate surface area is 98.4 Å². The van der Waals surface area contributed by atoms with Crippen LogP contribution in [0.3, 0.4) is 0 Å². The number of halogens is 2. The van der Waals surface area contributed by atoms with E-state index in [1.165, 1.54) is 13.2 Å². The molecule has 5 heteroatoms. The highest BCUT2D eigenvalue weighted by Gasteiger charge is 2.25. The van der Waals surface area contributed by atoms with Crippen LogP contribution in [0.4, 0.5) is 8.78 Å². The van der Waals surface area contributed by atoms with Gasteiger partial charge in [-0.1, -0.05) is 0 Å². The van der Waals surface area contributed by atoms with Gasteiger partial charge in [-0.25, -0.2) is 8.78 Å². The molecule has 0 amide bonds. The summed E-state index contributed by atoms with van der Waals surface area (Å²) in [6.45, 7) is 1.54. The first kappa shape index (κ1) is 12.1. The third-order valence-electron chi connectivity index (χ3n) is 3.11. The molecule has 0 aromatic heterocycles. The number of methoxy groups -OCH3 is 1. The van der Waals surface area contributed by atoms with Crippen LogP contribution in [0, 0.1) is 0 Å². The second-order valence-corrected chi connectivity index (χ2v) is 4.14. The standard InChI is InChI=1S/C12H15F2NO2/c1-17-8-4-9(7-2-3-15-6-7)11(16)10(5-8)12(13)14/h4-5,7,12,15-16H,2-3,6H2,1H3. The summed E-state index contributed by atoms with van der Waals surface area (Å²) in [5.41, 5.74) is 0.191. The van der Waals surface area contributed by atoms with Crippen molar-refractivity contribution in [3.63, 3.8) is 0 Å². The minimum absolute atomic E-state index is 0.0719. The van der Waals surface area contributed by atoms with Gasteiger partial charge in [0.25, 0.3) is 6.43 Å². The lowest BCUT2D eigenvalue weighted by molar-refractivity contribution is 0.146. The van der Waals surface area contributed by atoms with Crippen molar-refractivity contribution in [3.05, 3.63) is 23.3 Å². The second kappa shape index (κ2) is 4.87. The summed E-state index contributed by atoms with van der Waals surface area (Å²) in [6.07, 6.45) is -1.86. The summed E-state index contributed by atoms with van der Waals surface area (Å²) in [6, 6.07) is 2.82. The van der Waals surface area contributed by atoms with E-state index in [-0.39, 0.29) is 17.2 Å². The number of hydrogen-bond donors (Lipinski definition) is 2. The smallest absolute Gasteiger partial charge is 0.267 e. The molecule has 1 aromatic carbocycles. The Balaban J connectivity index is 2.45. The van der Waals surface area contributed by atoms with Crippen LogP contribution >= 0.6 is 0 Å². The number of ether oxygens (including phenoxy) is 1. The Morgan fingerprint density at radius 3 is 2.76 bits per heavy atom. The van der Waals surface area contributed by atoms with Gasteiger partial charge in [0.05, 0.1) is 12.7 Å². The molecular weight excluding hydrogens is 228 g/mol. The number of aromatic hydroxyl groups is 1. The molecule has 2 N–H and O–H groups in total. The highest BCUT2D eigenvalue weighted by atomic mass is 19.3. The fourth-order valence-corrected chi connectivity index (χ4v) is 2.17. The highest BCUT2D eigenvalue weighted by Crippen LogP contribution is 2.40. The fourth-order valence-electron chi connectivity index (χ4n) is 2.17. The lowest BCUT2D eigenvalue weighted by Gasteiger charge is -2.16. The summed E-state index contributed by atoms with van der Waals surface area (Å²) in [5.74, 6) is 0.136. The van der Waals surface area contributed by atoms with Crippen molar-refractivity contribution in [2.75, 3.05) is 20.2 Å². The van der Waals surface area contributed by atoms with Crippen molar-refractivity contribution in [2.45, 2.75) is 18.8 Å². The molecule has 1 fully saturated rings. The van der Waals surface area contributed by atoms with E-state index >= 15 is 0 Å². The Bertz CT molecular complexity index is 404. The maximum absolute atomic E-state index is 12.8. The lowest BCUT2D eigenvalue weighted by Crippen LogP contribution is -2.08. The van der Waals surface area contributed by atoms with E-state index in [1.54, 1.807) is 6.07 Å². The van der Waals surface area contributed by atoms with E-state index in [1.807, 2.05) is 0 Å². The number of rotatable bonds is 3. The van der Waals surface area contributed by atoms with Gasteiger partial charge in [0.1, 0.15) is 11.5 Å². The van der Waals surface area contributed by atoms with Gasteiger partial charge in [-0.15, -0.1) is 0 Å². The van der Waals surface area contributed by atoms with Crippen molar-refractivity contribution in [2.24, 2.45) is 0 Å². The molecule has 0 radical (unpaired) electrons. The topological polar surface area (TPSA) is 41.5 Å². The molecule has 1 saturated heterocycles. The number of phenolic OH excluding ortho intramolecular Hbond substituents is 1. The molecular formula is C12H15F2NO2. The average molecular weight is 243 g/mol. The third kappa shape index (κ3) is 2.34. The molecule has 1 heterocycles. The van der Waals surface area contributed by atoms with Crippen molar-refractivity contribution < 1.29 is 18.6 Å². The largest absolute Gasteiger partial charge is 0.507 e. The van der Waals surface area contributed by atoms with Gasteiger partial charge < -0.3 is 15.2 Å². The van der Waals surface area contributed by atoms with Crippen LogP contribution in [0.25, 0.3) is 0 Å². The number of alkyl halides is 2. The molecule has 94 valence electrons. The van der Waals surface area contributed by atoms with E-state index in [9.17, 15) is 13.9 Å². The molecule has 0 aliphatic carbocycles. The minimum Gasteiger partial charge on any atom is -0.507 e.